The Kier molecular flexibility index (Phi) is 6.79. The minimum absolute atomic E-state index is 0.563. The molecule has 0 radical (unpaired) electrons. The zero-order valence-electron chi connectivity index (χ0n) is 30.2. The fourth-order valence-corrected chi connectivity index (χ4v) is 8.06. The minimum Gasteiger partial charge on any atom is -0.456 e. The standard InChI is InChI=1S/C50H28N4O3/c1-3-11-30(12-4-1)47-52-48(33-16-9-15-32(27-33)35-18-10-19-37-36-17-7-8-20-39(36)56-46(35)37)54-49(53-47)34-22-21-29-23-24-40-43(38(29)28-34)44-41(55-40)25-26-42-45(44)51-50(57-42)31-13-5-2-6-14-31/h1-28H. The first kappa shape index (κ1) is 31.5. The number of furan rings is 2. The molecule has 7 nitrogen and oxygen atoms in total. The van der Waals surface area contributed by atoms with Gasteiger partial charge in [-0.05, 0) is 64.9 Å². The van der Waals surface area contributed by atoms with Crippen molar-refractivity contribution in [3.63, 3.8) is 0 Å². The van der Waals surface area contributed by atoms with E-state index in [4.69, 9.17) is 33.2 Å². The molecular formula is C50H28N4O3. The van der Waals surface area contributed by atoms with Crippen LogP contribution in [0.2, 0.25) is 0 Å². The quantitative estimate of drug-likeness (QED) is 0.174. The van der Waals surface area contributed by atoms with Crippen LogP contribution in [0.4, 0.5) is 0 Å². The van der Waals surface area contributed by atoms with Gasteiger partial charge in [-0.25, -0.2) is 19.9 Å². The first-order valence-electron chi connectivity index (χ1n) is 18.8. The zero-order valence-corrected chi connectivity index (χ0v) is 30.2. The second kappa shape index (κ2) is 12.3. The summed E-state index contributed by atoms with van der Waals surface area (Å²) in [4.78, 5) is 20.3. The molecule has 0 aliphatic rings. The van der Waals surface area contributed by atoms with Crippen LogP contribution in [0.5, 0.6) is 0 Å². The van der Waals surface area contributed by atoms with Crippen molar-refractivity contribution in [2.24, 2.45) is 0 Å². The SMILES string of the molecule is c1ccc(-c2nc(-c3cccc(-c4cccc5c4oc4ccccc45)c3)nc(-c3ccc4ccc5oc6ccc7oc(-c8ccccc8)nc7c6c5c4c3)n2)cc1. The fraction of sp³-hybridized carbons (Fsp3) is 0. The van der Waals surface area contributed by atoms with Crippen LogP contribution in [-0.2, 0) is 0 Å². The number of oxazole rings is 1. The maximum Gasteiger partial charge on any atom is 0.227 e. The van der Waals surface area contributed by atoms with Crippen molar-refractivity contribution in [2.75, 3.05) is 0 Å². The molecule has 8 aromatic carbocycles. The van der Waals surface area contributed by atoms with Crippen molar-refractivity contribution in [3.05, 3.63) is 170 Å². The van der Waals surface area contributed by atoms with Crippen LogP contribution in [0.3, 0.4) is 0 Å². The Bertz CT molecular complexity index is 3530. The Labute approximate surface area is 324 Å². The van der Waals surface area contributed by atoms with Crippen molar-refractivity contribution in [2.45, 2.75) is 0 Å². The van der Waals surface area contributed by atoms with Gasteiger partial charge < -0.3 is 13.3 Å². The van der Waals surface area contributed by atoms with Crippen molar-refractivity contribution in [3.8, 4) is 56.7 Å². The van der Waals surface area contributed by atoms with E-state index in [0.29, 0.717) is 28.9 Å². The lowest BCUT2D eigenvalue weighted by molar-refractivity contribution is 0.619. The van der Waals surface area contributed by atoms with Gasteiger partial charge in [-0.1, -0.05) is 121 Å². The Hall–Kier alpha value is -7.90. The van der Waals surface area contributed by atoms with Crippen molar-refractivity contribution in [1.29, 1.82) is 0 Å². The highest BCUT2D eigenvalue weighted by atomic mass is 16.4. The average Bonchev–Trinajstić information content (AvgIpc) is 4.00. The molecule has 57 heavy (non-hydrogen) atoms. The maximum absolute atomic E-state index is 6.44. The van der Waals surface area contributed by atoms with E-state index >= 15 is 0 Å². The summed E-state index contributed by atoms with van der Waals surface area (Å²) in [6.07, 6.45) is 0. The molecule has 0 bridgehead atoms. The molecule has 0 fully saturated rings. The molecule has 0 atom stereocenters. The van der Waals surface area contributed by atoms with E-state index < -0.39 is 0 Å². The van der Waals surface area contributed by atoms with Gasteiger partial charge in [0.15, 0.2) is 23.1 Å². The number of benzene rings is 8. The van der Waals surface area contributed by atoms with E-state index in [-0.39, 0.29) is 0 Å². The summed E-state index contributed by atoms with van der Waals surface area (Å²) in [5.41, 5.74) is 10.2. The van der Waals surface area contributed by atoms with Gasteiger partial charge >= 0.3 is 0 Å². The Morgan fingerprint density at radius 2 is 0.947 bits per heavy atom. The summed E-state index contributed by atoms with van der Waals surface area (Å²) < 4.78 is 19.1. The average molecular weight is 733 g/mol. The predicted octanol–water partition coefficient (Wildman–Crippen LogP) is 13.3. The maximum atomic E-state index is 6.44. The third-order valence-corrected chi connectivity index (χ3v) is 10.8. The zero-order chi connectivity index (χ0) is 37.5. The van der Waals surface area contributed by atoms with E-state index in [0.717, 1.165) is 93.5 Å². The van der Waals surface area contributed by atoms with Gasteiger partial charge in [0, 0.05) is 44.0 Å². The predicted molar refractivity (Wildman–Crippen MR) is 227 cm³/mol. The topological polar surface area (TPSA) is 91.0 Å². The smallest absolute Gasteiger partial charge is 0.227 e. The number of nitrogens with zero attached hydrogens (tertiary/aromatic N) is 4. The Morgan fingerprint density at radius 3 is 1.79 bits per heavy atom. The van der Waals surface area contributed by atoms with E-state index in [9.17, 15) is 0 Å². The van der Waals surface area contributed by atoms with Gasteiger partial charge in [-0.3, -0.25) is 0 Å². The first-order valence-corrected chi connectivity index (χ1v) is 18.8. The Balaban J connectivity index is 1.04. The van der Waals surface area contributed by atoms with Gasteiger partial charge in [0.2, 0.25) is 5.89 Å². The molecule has 7 heteroatoms. The van der Waals surface area contributed by atoms with Crippen LogP contribution in [0, 0.1) is 0 Å². The van der Waals surface area contributed by atoms with E-state index in [1.165, 1.54) is 0 Å². The number of hydrogen-bond acceptors (Lipinski definition) is 7. The minimum atomic E-state index is 0.563. The molecule has 266 valence electrons. The van der Waals surface area contributed by atoms with Crippen LogP contribution in [0.15, 0.2) is 183 Å². The number of fused-ring (bicyclic) bond motifs is 10. The van der Waals surface area contributed by atoms with Gasteiger partial charge in [0.1, 0.15) is 27.8 Å². The van der Waals surface area contributed by atoms with Crippen LogP contribution >= 0.6 is 0 Å². The number of hydrogen-bond donors (Lipinski definition) is 0. The summed E-state index contributed by atoms with van der Waals surface area (Å²) in [6, 6.07) is 57.1. The van der Waals surface area contributed by atoms with Gasteiger partial charge in [-0.15, -0.1) is 0 Å². The molecule has 0 N–H and O–H groups in total. The highest BCUT2D eigenvalue weighted by molar-refractivity contribution is 6.25. The molecule has 0 aliphatic carbocycles. The summed E-state index contributed by atoms with van der Waals surface area (Å²) in [5.74, 6) is 2.29. The summed E-state index contributed by atoms with van der Waals surface area (Å²) in [6.45, 7) is 0. The fourth-order valence-electron chi connectivity index (χ4n) is 8.06. The second-order valence-corrected chi connectivity index (χ2v) is 14.2. The lowest BCUT2D eigenvalue weighted by atomic mass is 10.00. The van der Waals surface area contributed by atoms with Crippen LogP contribution in [0.1, 0.15) is 0 Å². The van der Waals surface area contributed by atoms with E-state index in [2.05, 4.69) is 60.7 Å². The number of para-hydroxylation sites is 2. The van der Waals surface area contributed by atoms with Crippen LogP contribution < -0.4 is 0 Å². The van der Waals surface area contributed by atoms with Crippen molar-refractivity contribution < 1.29 is 13.3 Å². The van der Waals surface area contributed by atoms with Crippen LogP contribution in [0.25, 0.3) is 122 Å². The van der Waals surface area contributed by atoms with E-state index in [1.807, 2.05) is 109 Å². The highest BCUT2D eigenvalue weighted by Crippen LogP contribution is 2.41. The summed E-state index contributed by atoms with van der Waals surface area (Å²) >= 11 is 0. The summed E-state index contributed by atoms with van der Waals surface area (Å²) in [7, 11) is 0. The molecular weight excluding hydrogens is 705 g/mol. The lowest BCUT2D eigenvalue weighted by Gasteiger charge is -2.10. The molecule has 0 saturated heterocycles. The third-order valence-electron chi connectivity index (χ3n) is 10.8. The molecule has 4 aromatic heterocycles. The van der Waals surface area contributed by atoms with Gasteiger partial charge in [0.25, 0.3) is 0 Å². The summed E-state index contributed by atoms with van der Waals surface area (Å²) in [5, 5.41) is 6.12. The Morgan fingerprint density at radius 1 is 0.333 bits per heavy atom. The first-order chi connectivity index (χ1) is 28.2. The molecule has 0 aliphatic heterocycles. The van der Waals surface area contributed by atoms with Gasteiger partial charge in [-0.2, -0.15) is 0 Å². The molecule has 12 rings (SSSR count). The molecule has 0 saturated carbocycles. The molecule has 12 aromatic rings. The number of aromatic nitrogens is 4. The largest absolute Gasteiger partial charge is 0.456 e. The van der Waals surface area contributed by atoms with E-state index in [1.54, 1.807) is 0 Å². The lowest BCUT2D eigenvalue weighted by Crippen LogP contribution is -2.00. The molecule has 4 heterocycles. The highest BCUT2D eigenvalue weighted by Gasteiger charge is 2.20. The monoisotopic (exact) mass is 732 g/mol. The molecule has 0 amide bonds. The van der Waals surface area contributed by atoms with Crippen molar-refractivity contribution >= 4 is 65.7 Å². The third kappa shape index (κ3) is 5.06. The molecule has 0 unspecified atom stereocenters. The number of rotatable bonds is 5. The normalized spacial score (nSPS) is 11.9. The van der Waals surface area contributed by atoms with Gasteiger partial charge in [0.05, 0.1) is 5.39 Å². The molecule has 0 spiro atoms. The second-order valence-electron chi connectivity index (χ2n) is 14.2. The van der Waals surface area contributed by atoms with Crippen LogP contribution in [-0.4, -0.2) is 19.9 Å². The van der Waals surface area contributed by atoms with Crippen molar-refractivity contribution in [1.82, 2.24) is 19.9 Å².